The smallest absolute Gasteiger partial charge is 0.0460 e. The van der Waals surface area contributed by atoms with E-state index in [9.17, 15) is 0 Å². The zero-order valence-electron chi connectivity index (χ0n) is 25.6. The fourth-order valence-electron chi connectivity index (χ4n) is 4.24. The molecule has 0 amide bonds. The maximum Gasteiger partial charge on any atom is 0.0460 e. The molecule has 1 radical (unpaired) electrons. The fraction of sp³-hybridized carbons (Fsp3) is 0.270. The molecule has 0 fully saturated rings. The quantitative estimate of drug-likeness (QED) is 0.171. The van der Waals surface area contributed by atoms with Crippen molar-refractivity contribution in [1.29, 1.82) is 0 Å². The molecule has 1 unspecified atom stereocenters. The number of hydrogen-bond donors (Lipinski definition) is 1. The SMILES string of the molecule is CC(C)(C)C[CH-]c1ccc(N(c2ccccc2)c2ccccc2)cc1.C[CH-]CC(NC)c1ccc(C)cc1.[CH3-].[Pa]. The molecule has 1 atom stereocenters. The first-order valence-electron chi connectivity index (χ1n) is 13.7. The van der Waals surface area contributed by atoms with Crippen LogP contribution in [0.2, 0.25) is 0 Å². The van der Waals surface area contributed by atoms with Crippen LogP contribution in [0.5, 0.6) is 0 Å². The number of anilines is 3. The minimum Gasteiger partial charge on any atom is -0.358 e. The topological polar surface area (TPSA) is 15.3 Å². The van der Waals surface area contributed by atoms with Crippen molar-refractivity contribution >= 4 is 17.1 Å². The Balaban J connectivity index is 0.000000456. The first-order chi connectivity index (χ1) is 18.3. The van der Waals surface area contributed by atoms with Crippen LogP contribution in [0.15, 0.2) is 109 Å². The van der Waals surface area contributed by atoms with E-state index in [4.69, 9.17) is 0 Å². The van der Waals surface area contributed by atoms with Crippen LogP contribution in [0.1, 0.15) is 63.3 Å². The van der Waals surface area contributed by atoms with Crippen molar-refractivity contribution < 1.29 is 32.3 Å². The molecule has 0 aliphatic rings. The molecule has 0 bridgehead atoms. The van der Waals surface area contributed by atoms with Gasteiger partial charge in [-0.15, -0.1) is 0 Å². The van der Waals surface area contributed by atoms with Gasteiger partial charge in [-0.05, 0) is 49.2 Å². The average Bonchev–Trinajstić information content (AvgIpc) is 2.93. The second-order valence-electron chi connectivity index (χ2n) is 11.0. The summed E-state index contributed by atoms with van der Waals surface area (Å²) in [6.45, 7) is 11.0. The zero-order valence-corrected chi connectivity index (χ0v) is 30.4. The minimum absolute atomic E-state index is 0. The minimum atomic E-state index is 0. The fourth-order valence-corrected chi connectivity index (χ4v) is 4.24. The van der Waals surface area contributed by atoms with Gasteiger partial charge in [0.05, 0.1) is 0 Å². The van der Waals surface area contributed by atoms with Crippen LogP contribution in [-0.4, -0.2) is 7.05 Å². The Bertz CT molecular complexity index is 1140. The maximum absolute atomic E-state index is 3.31. The number of nitrogens with zero attached hydrogens (tertiary/aromatic N) is 1. The molecule has 0 spiro atoms. The molecule has 40 heavy (non-hydrogen) atoms. The van der Waals surface area contributed by atoms with Crippen LogP contribution in [-0.2, 0) is 0 Å². The average molecular weight is 751 g/mol. The molecule has 211 valence electrons. The molecule has 4 rings (SSSR count). The molecular weight excluding hydrogens is 703 g/mol. The summed E-state index contributed by atoms with van der Waals surface area (Å²) in [5, 5.41) is 3.31. The van der Waals surface area contributed by atoms with Crippen LogP contribution in [0.4, 0.5) is 17.1 Å². The van der Waals surface area contributed by atoms with E-state index in [-0.39, 0.29) is 39.7 Å². The standard InChI is InChI=1S/C24H26N.C12H18N.CH3.Pa/c1-24(2,3)19-18-20-14-16-23(17-15-20)25(21-10-6-4-7-11-21)22-12-8-5-9-13-22;1-4-5-12(13-3)11-8-6-10(2)7-9-11;;/h4-18H,19H2,1-3H3;4,6-9,12-13H,5H2,1-3H3;1H3;/q3*-1;. The number of nitrogens with one attached hydrogen (secondary N) is 1. The van der Waals surface area contributed by atoms with Crippen LogP contribution in [0, 0.1) is 64.9 Å². The maximum atomic E-state index is 3.31. The van der Waals surface area contributed by atoms with Gasteiger partial charge in [0.25, 0.3) is 0 Å². The summed E-state index contributed by atoms with van der Waals surface area (Å²) in [5.74, 6) is 0. The van der Waals surface area contributed by atoms with Crippen molar-refractivity contribution in [2.75, 3.05) is 11.9 Å². The zero-order chi connectivity index (χ0) is 27.4. The summed E-state index contributed by atoms with van der Waals surface area (Å²) in [7, 11) is 2.01. The third-order valence-electron chi connectivity index (χ3n) is 6.43. The number of para-hydroxylation sites is 2. The van der Waals surface area contributed by atoms with Crippen molar-refractivity contribution in [2.24, 2.45) is 5.41 Å². The van der Waals surface area contributed by atoms with Gasteiger partial charge in [0.2, 0.25) is 0 Å². The Hall–Kier alpha value is -2.40. The van der Waals surface area contributed by atoms with Crippen molar-refractivity contribution in [2.45, 2.75) is 53.5 Å². The first kappa shape index (κ1) is 35.6. The molecular formula is C37H47N2Pa-3. The van der Waals surface area contributed by atoms with Gasteiger partial charge in [-0.3, -0.25) is 0 Å². The van der Waals surface area contributed by atoms with Gasteiger partial charge >= 0.3 is 0 Å². The predicted octanol–water partition coefficient (Wildman–Crippen LogP) is 10.5. The molecule has 4 aromatic rings. The molecule has 0 aromatic heterocycles. The van der Waals surface area contributed by atoms with Gasteiger partial charge in [-0.2, -0.15) is 37.5 Å². The number of aryl methyl sites for hydroxylation is 1. The molecule has 0 saturated carbocycles. The summed E-state index contributed by atoms with van der Waals surface area (Å²) >= 11 is 0. The third kappa shape index (κ3) is 11.6. The van der Waals surface area contributed by atoms with Gasteiger partial charge in [-0.1, -0.05) is 106 Å². The Labute approximate surface area is 270 Å². The van der Waals surface area contributed by atoms with E-state index in [1.54, 1.807) is 0 Å². The van der Waals surface area contributed by atoms with Crippen molar-refractivity contribution in [3.63, 3.8) is 0 Å². The predicted molar refractivity (Wildman–Crippen MR) is 173 cm³/mol. The van der Waals surface area contributed by atoms with Gasteiger partial charge in [0, 0.05) is 55.4 Å². The Kier molecular flexibility index (Phi) is 16.1. The second-order valence-corrected chi connectivity index (χ2v) is 11.0. The van der Waals surface area contributed by atoms with Crippen LogP contribution >= 0.6 is 0 Å². The van der Waals surface area contributed by atoms with E-state index in [1.807, 2.05) is 7.05 Å². The Morgan fingerprint density at radius 1 is 0.725 bits per heavy atom. The number of benzene rings is 4. The normalized spacial score (nSPS) is 11.2. The molecule has 3 heteroatoms. The van der Waals surface area contributed by atoms with E-state index in [2.05, 4.69) is 167 Å². The molecule has 0 saturated heterocycles. The monoisotopic (exact) mass is 750 g/mol. The van der Waals surface area contributed by atoms with Crippen molar-refractivity contribution in [3.8, 4) is 0 Å². The molecule has 0 aliphatic heterocycles. The molecule has 2 nitrogen and oxygen atoms in total. The molecule has 1 N–H and O–H groups in total. The summed E-state index contributed by atoms with van der Waals surface area (Å²) in [5.41, 5.74) is 7.79. The second kappa shape index (κ2) is 18.1. The van der Waals surface area contributed by atoms with Gasteiger partial charge < -0.3 is 24.1 Å². The summed E-state index contributed by atoms with van der Waals surface area (Å²) < 4.78 is 0. The number of hydrogen-bond acceptors (Lipinski definition) is 2. The van der Waals surface area contributed by atoms with E-state index < -0.39 is 0 Å². The largest absolute Gasteiger partial charge is 0.358 e. The van der Waals surface area contributed by atoms with Gasteiger partial charge in [0.1, 0.15) is 0 Å². The van der Waals surface area contributed by atoms with E-state index in [0.717, 1.165) is 12.8 Å². The third-order valence-corrected chi connectivity index (χ3v) is 6.43. The van der Waals surface area contributed by atoms with E-state index in [1.165, 1.54) is 33.8 Å². The van der Waals surface area contributed by atoms with Gasteiger partial charge in [-0.25, -0.2) is 0 Å². The van der Waals surface area contributed by atoms with Gasteiger partial charge in [0.15, 0.2) is 0 Å². The Morgan fingerprint density at radius 2 is 1.20 bits per heavy atom. The van der Waals surface area contributed by atoms with Crippen molar-refractivity contribution in [3.05, 3.63) is 146 Å². The molecule has 0 heterocycles. The number of rotatable bonds is 9. The summed E-state index contributed by atoms with van der Waals surface area (Å²) in [6.07, 6.45) is 6.67. The van der Waals surface area contributed by atoms with E-state index >= 15 is 0 Å². The summed E-state index contributed by atoms with van der Waals surface area (Å²) in [4.78, 5) is 2.29. The molecule has 4 aromatic carbocycles. The van der Waals surface area contributed by atoms with Crippen LogP contribution in [0.25, 0.3) is 0 Å². The Morgan fingerprint density at radius 3 is 1.62 bits per heavy atom. The molecule has 0 aliphatic carbocycles. The summed E-state index contributed by atoms with van der Waals surface area (Å²) in [6, 6.07) is 39.0. The van der Waals surface area contributed by atoms with Crippen molar-refractivity contribution in [1.82, 2.24) is 5.32 Å². The van der Waals surface area contributed by atoms with Crippen LogP contribution in [0.3, 0.4) is 0 Å². The van der Waals surface area contributed by atoms with Crippen LogP contribution < -0.4 is 10.2 Å². The van der Waals surface area contributed by atoms with E-state index in [0.29, 0.717) is 11.5 Å². The first-order valence-corrected chi connectivity index (χ1v) is 13.7.